The topological polar surface area (TPSA) is 167 Å². The number of benzene rings is 3. The van der Waals surface area contributed by atoms with Gasteiger partial charge < -0.3 is 33.0 Å². The van der Waals surface area contributed by atoms with Gasteiger partial charge in [-0.25, -0.2) is 9.59 Å². The number of hydrogen-bond donors (Lipinski definition) is 1. The molecule has 0 aliphatic heterocycles. The zero-order valence-corrected chi connectivity index (χ0v) is 43.3. The molecular formula is C51H62BrN3O11Si. The summed E-state index contributed by atoms with van der Waals surface area (Å²) in [5.74, 6) is -3.49. The van der Waals surface area contributed by atoms with Crippen molar-refractivity contribution in [2.75, 3.05) is 25.5 Å². The van der Waals surface area contributed by atoms with Gasteiger partial charge in [-0.2, -0.15) is 0 Å². The van der Waals surface area contributed by atoms with Gasteiger partial charge >= 0.3 is 12.2 Å². The zero-order valence-electron chi connectivity index (χ0n) is 40.7. The lowest BCUT2D eigenvalue weighted by molar-refractivity contribution is -0.140. The van der Waals surface area contributed by atoms with Gasteiger partial charge in [-0.05, 0) is 121 Å². The molecule has 14 nitrogen and oxygen atoms in total. The van der Waals surface area contributed by atoms with E-state index >= 15 is 9.59 Å². The van der Waals surface area contributed by atoms with E-state index in [-0.39, 0.29) is 60.1 Å². The first-order valence-electron chi connectivity index (χ1n) is 22.5. The Balaban J connectivity index is 1.54. The molecular weight excluding hydrogens is 939 g/mol. The van der Waals surface area contributed by atoms with Gasteiger partial charge in [-0.15, -0.1) is 6.58 Å². The van der Waals surface area contributed by atoms with Crippen molar-refractivity contribution < 1.29 is 52.2 Å². The number of halogens is 1. The lowest BCUT2D eigenvalue weighted by Crippen LogP contribution is -2.68. The summed E-state index contributed by atoms with van der Waals surface area (Å²) < 4.78 is 38.0. The van der Waals surface area contributed by atoms with Crippen LogP contribution in [0.5, 0.6) is 11.6 Å². The molecule has 4 aromatic rings. The second-order valence-electron chi connectivity index (χ2n) is 21.3. The SMILES string of the molecule is C=CCN(C(=O)OC(C)(C)C)c1c2c(c(OC(=O)OC(C)(C)C)c3cc(Br)ccc13)C(O)=C1C(=O)[C@]3(O[Si](C)(C)C(C)(C)C)C(=O)c4c(OCc5ccccc5)noc4[C@@H](N(C)C)[C@@H]3C[C@@H]1C2. The molecule has 0 saturated heterocycles. The van der Waals surface area contributed by atoms with E-state index in [1.165, 1.54) is 4.90 Å². The highest BCUT2D eigenvalue weighted by Crippen LogP contribution is 2.60. The minimum Gasteiger partial charge on any atom is -0.507 e. The van der Waals surface area contributed by atoms with Crippen LogP contribution in [0.3, 0.4) is 0 Å². The lowest BCUT2D eigenvalue weighted by atomic mass is 9.57. The van der Waals surface area contributed by atoms with Gasteiger partial charge in [0.1, 0.15) is 29.1 Å². The molecule has 358 valence electrons. The molecule has 1 N–H and O–H groups in total. The summed E-state index contributed by atoms with van der Waals surface area (Å²) in [5.41, 5.74) is -2.56. The summed E-state index contributed by atoms with van der Waals surface area (Å²) in [6.07, 6.45) is 0.00480. The van der Waals surface area contributed by atoms with Crippen LogP contribution in [-0.2, 0) is 31.7 Å². The molecule has 67 heavy (non-hydrogen) atoms. The first-order valence-corrected chi connectivity index (χ1v) is 26.2. The number of nitrogens with zero attached hydrogens (tertiary/aromatic N) is 3. The molecule has 0 bridgehead atoms. The third kappa shape index (κ3) is 9.09. The van der Waals surface area contributed by atoms with E-state index in [2.05, 4.69) is 27.7 Å². The van der Waals surface area contributed by atoms with Gasteiger partial charge in [-0.1, -0.05) is 79.2 Å². The molecule has 0 unspecified atom stereocenters. The second-order valence-corrected chi connectivity index (χ2v) is 27.0. The van der Waals surface area contributed by atoms with Gasteiger partial charge in [0.25, 0.3) is 5.88 Å². The van der Waals surface area contributed by atoms with Crippen molar-refractivity contribution in [2.45, 2.75) is 123 Å². The fourth-order valence-electron chi connectivity index (χ4n) is 9.23. The van der Waals surface area contributed by atoms with E-state index in [0.29, 0.717) is 26.5 Å². The first-order chi connectivity index (χ1) is 31.1. The van der Waals surface area contributed by atoms with E-state index in [1.54, 1.807) is 65.8 Å². The molecule has 4 atom stereocenters. The average Bonchev–Trinajstić information content (AvgIpc) is 3.62. The highest BCUT2D eigenvalue weighted by Gasteiger charge is 2.69. The van der Waals surface area contributed by atoms with Crippen LogP contribution < -0.4 is 14.4 Å². The minimum atomic E-state index is -3.08. The molecule has 1 heterocycles. The average molecular weight is 1000 g/mol. The number of ether oxygens (including phenoxy) is 4. The number of rotatable bonds is 10. The maximum absolute atomic E-state index is 16.3. The molecule has 3 aliphatic rings. The Morgan fingerprint density at radius 3 is 2.21 bits per heavy atom. The van der Waals surface area contributed by atoms with E-state index in [1.807, 2.05) is 83.2 Å². The number of hydrogen-bond acceptors (Lipinski definition) is 13. The number of Topliss-reactive ketones (excluding diaryl/α,β-unsaturated/α-hetero) is 2. The molecule has 7 rings (SSSR count). The molecule has 0 spiro atoms. The monoisotopic (exact) mass is 999 g/mol. The Morgan fingerprint density at radius 2 is 1.61 bits per heavy atom. The summed E-state index contributed by atoms with van der Waals surface area (Å²) in [5, 5.41) is 17.7. The summed E-state index contributed by atoms with van der Waals surface area (Å²) in [4.78, 5) is 63.6. The smallest absolute Gasteiger partial charge is 0.507 e. The van der Waals surface area contributed by atoms with Crippen molar-refractivity contribution in [2.24, 2.45) is 11.8 Å². The van der Waals surface area contributed by atoms with Crippen LogP contribution in [0.4, 0.5) is 15.3 Å². The van der Waals surface area contributed by atoms with Crippen LogP contribution in [0.2, 0.25) is 18.1 Å². The van der Waals surface area contributed by atoms with Crippen molar-refractivity contribution in [3.8, 4) is 11.6 Å². The molecule has 1 amide bonds. The van der Waals surface area contributed by atoms with E-state index in [0.717, 1.165) is 5.56 Å². The van der Waals surface area contributed by atoms with Crippen molar-refractivity contribution >= 4 is 70.3 Å². The third-order valence-electron chi connectivity index (χ3n) is 13.0. The summed E-state index contributed by atoms with van der Waals surface area (Å²) >= 11 is 3.57. The summed E-state index contributed by atoms with van der Waals surface area (Å²) in [6, 6.07) is 13.9. The van der Waals surface area contributed by atoms with Gasteiger partial charge in [-0.3, -0.25) is 19.4 Å². The van der Waals surface area contributed by atoms with Crippen LogP contribution in [0.15, 0.2) is 75.8 Å². The van der Waals surface area contributed by atoms with Crippen molar-refractivity contribution in [1.82, 2.24) is 10.1 Å². The molecule has 0 radical (unpaired) electrons. The third-order valence-corrected chi connectivity index (χ3v) is 17.9. The van der Waals surface area contributed by atoms with Crippen molar-refractivity contribution in [3.63, 3.8) is 0 Å². The Kier molecular flexibility index (Phi) is 13.1. The minimum absolute atomic E-state index is 0.00260. The van der Waals surface area contributed by atoms with Crippen molar-refractivity contribution in [3.05, 3.63) is 99.2 Å². The molecule has 16 heteroatoms. The van der Waals surface area contributed by atoms with Crippen LogP contribution in [-0.4, -0.2) is 84.7 Å². The normalized spacial score (nSPS) is 20.7. The largest absolute Gasteiger partial charge is 0.514 e. The number of fused-ring (bicyclic) bond motifs is 5. The molecule has 3 aromatic carbocycles. The van der Waals surface area contributed by atoms with Gasteiger partial charge in [0, 0.05) is 33.3 Å². The fourth-order valence-corrected chi connectivity index (χ4v) is 11.0. The predicted molar refractivity (Wildman–Crippen MR) is 261 cm³/mol. The number of carbonyl (C=O) groups is 4. The van der Waals surface area contributed by atoms with Crippen LogP contribution in [0.1, 0.15) is 108 Å². The Labute approximate surface area is 401 Å². The Morgan fingerprint density at radius 1 is 0.955 bits per heavy atom. The molecule has 1 aromatic heterocycles. The number of carbonyl (C=O) groups excluding carboxylic acids is 4. The van der Waals surface area contributed by atoms with Crippen LogP contribution >= 0.6 is 15.9 Å². The maximum Gasteiger partial charge on any atom is 0.514 e. The Hall–Kier alpha value is -5.29. The lowest BCUT2D eigenvalue weighted by Gasteiger charge is -2.55. The number of anilines is 1. The second kappa shape index (κ2) is 17.7. The highest BCUT2D eigenvalue weighted by atomic mass is 79.9. The molecule has 1 fully saturated rings. The zero-order chi connectivity index (χ0) is 49.3. The van der Waals surface area contributed by atoms with Gasteiger partial charge in [0.15, 0.2) is 25.4 Å². The molecule has 3 aliphatic carbocycles. The standard InChI is InChI=1S/C51H62BrN3O11Si/c1-15-23-55(46(59)63-48(2,3)4)38-31-22-21-30(52)26-32(31)41(62-47(60)64-49(5,6)7)36-33(38)24-29-25-34-39(54(11)12)42-37(45(53-65-42)61-27-28-19-17-16-18-20-28)44(58)51(34,43(57)35(29)40(36)56)66-67(13,14)50(8,9)10/h15-22,26,29,34,39,56H,1,23-25,27H2,2-14H3/t29-,34-,39-,51-/m0/s1. The predicted octanol–water partition coefficient (Wildman–Crippen LogP) is 11.7. The number of aromatic nitrogens is 1. The maximum atomic E-state index is 16.3. The van der Waals surface area contributed by atoms with E-state index < -0.39 is 77.6 Å². The van der Waals surface area contributed by atoms with Gasteiger partial charge in [0.2, 0.25) is 11.6 Å². The number of amides is 1. The van der Waals surface area contributed by atoms with Crippen LogP contribution in [0, 0.1) is 11.8 Å². The van der Waals surface area contributed by atoms with Crippen molar-refractivity contribution in [1.29, 1.82) is 0 Å². The highest BCUT2D eigenvalue weighted by molar-refractivity contribution is 9.10. The molecule has 1 saturated carbocycles. The number of ketones is 2. The summed E-state index contributed by atoms with van der Waals surface area (Å²) in [6.45, 7) is 24.4. The number of aliphatic hydroxyl groups excluding tert-OH is 1. The van der Waals surface area contributed by atoms with E-state index in [4.69, 9.17) is 27.9 Å². The summed E-state index contributed by atoms with van der Waals surface area (Å²) in [7, 11) is 0.608. The Bertz CT molecular complexity index is 2690. The number of aliphatic hydroxyl groups is 1. The fraction of sp³-hybridized carbons (Fsp3) is 0.471. The first kappa shape index (κ1) is 49.6. The quantitative estimate of drug-likeness (QED) is 0.0524. The van der Waals surface area contributed by atoms with Gasteiger partial charge in [0.05, 0.1) is 17.3 Å². The van der Waals surface area contributed by atoms with Crippen LogP contribution in [0.25, 0.3) is 16.5 Å². The van der Waals surface area contributed by atoms with E-state index in [9.17, 15) is 14.7 Å².